The van der Waals surface area contributed by atoms with Crippen molar-refractivity contribution >= 4 is 34.3 Å². The van der Waals surface area contributed by atoms with Crippen LogP contribution in [0.1, 0.15) is 24.4 Å². The van der Waals surface area contributed by atoms with Crippen LogP contribution >= 0.6 is 0 Å². The maximum atomic E-state index is 15.2. The Morgan fingerprint density at radius 1 is 1.02 bits per heavy atom. The molecule has 232 valence electrons. The van der Waals surface area contributed by atoms with Crippen molar-refractivity contribution in [2.45, 2.75) is 31.2 Å². The van der Waals surface area contributed by atoms with E-state index >= 15 is 4.39 Å². The average Bonchev–Trinajstić information content (AvgIpc) is 3.34. The van der Waals surface area contributed by atoms with Crippen molar-refractivity contribution in [3.05, 3.63) is 54.1 Å². The van der Waals surface area contributed by atoms with Gasteiger partial charge in [0, 0.05) is 37.4 Å². The minimum absolute atomic E-state index is 0.0767. The third kappa shape index (κ3) is 5.97. The Bertz CT molecular complexity index is 1700. The zero-order chi connectivity index (χ0) is 31.2. The van der Waals surface area contributed by atoms with E-state index in [4.69, 9.17) is 10.5 Å². The molecule has 6 rings (SSSR count). The normalized spacial score (nSPS) is 17.0. The van der Waals surface area contributed by atoms with Gasteiger partial charge in [0.2, 0.25) is 0 Å². The highest BCUT2D eigenvalue weighted by Crippen LogP contribution is 2.39. The summed E-state index contributed by atoms with van der Waals surface area (Å²) in [6.45, 7) is 2.99. The fourth-order valence-corrected chi connectivity index (χ4v) is 5.54. The van der Waals surface area contributed by atoms with E-state index in [-0.39, 0.29) is 35.1 Å². The molecule has 4 N–H and O–H groups in total. The van der Waals surface area contributed by atoms with Crippen LogP contribution in [0.5, 0.6) is 5.75 Å². The molecule has 2 aliphatic heterocycles. The highest BCUT2D eigenvalue weighted by molar-refractivity contribution is 6.01. The third-order valence-electron chi connectivity index (χ3n) is 7.90. The zero-order valence-electron chi connectivity index (χ0n) is 24.0. The van der Waals surface area contributed by atoms with E-state index in [1.54, 1.807) is 10.7 Å². The molecular weight excluding hydrogens is 582 g/mol. The zero-order valence-corrected chi connectivity index (χ0v) is 24.0. The molecule has 2 amide bonds. The fraction of sp³-hybridized carbons (Fsp3) is 0.379. The molecule has 44 heavy (non-hydrogen) atoms. The summed E-state index contributed by atoms with van der Waals surface area (Å²) in [6.07, 6.45) is -2.48. The van der Waals surface area contributed by atoms with Crippen molar-refractivity contribution in [1.82, 2.24) is 29.5 Å². The van der Waals surface area contributed by atoms with E-state index in [1.165, 1.54) is 30.6 Å². The summed E-state index contributed by atoms with van der Waals surface area (Å²) in [6, 6.07) is 6.55. The maximum Gasteiger partial charge on any atom is 0.420 e. The predicted octanol–water partition coefficient (Wildman–Crippen LogP) is 4.84. The Morgan fingerprint density at radius 2 is 1.77 bits per heavy atom. The number of piperidine rings is 1. The lowest BCUT2D eigenvalue weighted by atomic mass is 10.1. The molecule has 11 nitrogen and oxygen atoms in total. The SMILES string of the molecule is CN1CCC(Oc2ccc(NC(=O)Nc3ccc(-c4nn(C5CN(C)C5)c5ncnc(N)c45)cc3F)cc2C(F)(F)F)CC1. The second-order valence-corrected chi connectivity index (χ2v) is 11.2. The van der Waals surface area contributed by atoms with Crippen LogP contribution in [0, 0.1) is 5.82 Å². The smallest absolute Gasteiger partial charge is 0.420 e. The second kappa shape index (κ2) is 11.5. The lowest BCUT2D eigenvalue weighted by Crippen LogP contribution is -2.45. The van der Waals surface area contributed by atoms with Gasteiger partial charge in [-0.2, -0.15) is 18.3 Å². The summed E-state index contributed by atoms with van der Waals surface area (Å²) in [5, 5.41) is 9.86. The van der Waals surface area contributed by atoms with Crippen LogP contribution in [0.4, 0.5) is 39.5 Å². The Kier molecular flexibility index (Phi) is 7.75. The number of ether oxygens (including phenoxy) is 1. The van der Waals surface area contributed by atoms with E-state index < -0.39 is 23.6 Å². The van der Waals surface area contributed by atoms with Crippen molar-refractivity contribution in [3.63, 3.8) is 0 Å². The van der Waals surface area contributed by atoms with Gasteiger partial charge < -0.3 is 30.9 Å². The van der Waals surface area contributed by atoms with Gasteiger partial charge in [0.05, 0.1) is 22.7 Å². The number of benzene rings is 2. The van der Waals surface area contributed by atoms with Gasteiger partial charge in [-0.15, -0.1) is 0 Å². The van der Waals surface area contributed by atoms with E-state index in [1.807, 2.05) is 14.1 Å². The monoisotopic (exact) mass is 613 g/mol. The molecular formula is C29H31F4N9O2. The number of nitrogens with one attached hydrogen (secondary N) is 2. The molecule has 0 bridgehead atoms. The van der Waals surface area contributed by atoms with Gasteiger partial charge in [0.15, 0.2) is 5.65 Å². The number of alkyl halides is 3. The summed E-state index contributed by atoms with van der Waals surface area (Å²) < 4.78 is 64.3. The molecule has 2 saturated heterocycles. The van der Waals surface area contributed by atoms with E-state index in [0.29, 0.717) is 35.1 Å². The maximum absolute atomic E-state index is 15.2. The van der Waals surface area contributed by atoms with Gasteiger partial charge in [0.1, 0.15) is 35.5 Å². The molecule has 15 heteroatoms. The number of likely N-dealkylation sites (tertiary alicyclic amines) is 2. The lowest BCUT2D eigenvalue weighted by molar-refractivity contribution is -0.139. The van der Waals surface area contributed by atoms with Crippen LogP contribution in [0.25, 0.3) is 22.3 Å². The molecule has 0 spiro atoms. The number of nitrogens with zero attached hydrogens (tertiary/aromatic N) is 6. The van der Waals surface area contributed by atoms with Crippen LogP contribution in [-0.2, 0) is 6.18 Å². The number of hydrogen-bond donors (Lipinski definition) is 3. The Hall–Kier alpha value is -4.50. The van der Waals surface area contributed by atoms with Gasteiger partial charge in [-0.3, -0.25) is 0 Å². The molecule has 0 aliphatic carbocycles. The predicted molar refractivity (Wildman–Crippen MR) is 157 cm³/mol. The van der Waals surface area contributed by atoms with Gasteiger partial charge in [0.25, 0.3) is 0 Å². The number of carbonyl (C=O) groups is 1. The molecule has 0 atom stereocenters. The number of aromatic nitrogens is 4. The Morgan fingerprint density at radius 3 is 2.45 bits per heavy atom. The van der Waals surface area contributed by atoms with Crippen LogP contribution in [0.3, 0.4) is 0 Å². The molecule has 2 aromatic heterocycles. The number of carbonyl (C=O) groups excluding carboxylic acids is 1. The number of anilines is 3. The van der Waals surface area contributed by atoms with Gasteiger partial charge in [-0.05, 0) is 57.3 Å². The summed E-state index contributed by atoms with van der Waals surface area (Å²) in [5.74, 6) is -0.881. The molecule has 2 aromatic carbocycles. The Labute approximate surface area is 250 Å². The van der Waals surface area contributed by atoms with E-state index in [9.17, 15) is 18.0 Å². The van der Waals surface area contributed by atoms with E-state index in [0.717, 1.165) is 32.2 Å². The average molecular weight is 614 g/mol. The lowest BCUT2D eigenvalue weighted by Gasteiger charge is -2.36. The topological polar surface area (TPSA) is 126 Å². The second-order valence-electron chi connectivity index (χ2n) is 11.2. The molecule has 0 radical (unpaired) electrons. The number of halogens is 4. The third-order valence-corrected chi connectivity index (χ3v) is 7.90. The summed E-state index contributed by atoms with van der Waals surface area (Å²) in [7, 11) is 3.93. The standard InChI is InChI=1S/C29H31F4N9O2/c1-40-9-7-19(8-10-40)44-23-6-4-17(12-20(23)29(31,32)33)37-28(43)38-22-5-3-16(11-21(22)30)25-24-26(34)35-15-36-27(24)42(39-25)18-13-41(2)14-18/h3-6,11-12,15,18-19H,7-10,13-14H2,1-2H3,(H2,34,35,36)(H2,37,38,43). The van der Waals surface area contributed by atoms with Crippen molar-refractivity contribution in [2.24, 2.45) is 0 Å². The van der Waals surface area contributed by atoms with Crippen LogP contribution < -0.4 is 21.1 Å². The molecule has 4 aromatic rings. The molecule has 0 saturated carbocycles. The minimum Gasteiger partial charge on any atom is -0.490 e. The number of nitrogens with two attached hydrogens (primary N) is 1. The van der Waals surface area contributed by atoms with Crippen LogP contribution in [-0.4, -0.2) is 82.0 Å². The summed E-state index contributed by atoms with van der Waals surface area (Å²) in [4.78, 5) is 25.3. The fourth-order valence-electron chi connectivity index (χ4n) is 5.54. The molecule has 2 aliphatic rings. The van der Waals surface area contributed by atoms with Crippen LogP contribution in [0.2, 0.25) is 0 Å². The largest absolute Gasteiger partial charge is 0.490 e. The van der Waals surface area contributed by atoms with Crippen molar-refractivity contribution in [2.75, 3.05) is 56.6 Å². The number of likely N-dealkylation sites (N-methyl/N-ethyl adjacent to an activating group) is 1. The summed E-state index contributed by atoms with van der Waals surface area (Å²) in [5.41, 5.74) is 6.15. The number of urea groups is 1. The van der Waals surface area contributed by atoms with Crippen molar-refractivity contribution < 1.29 is 27.1 Å². The van der Waals surface area contributed by atoms with E-state index in [2.05, 4.69) is 35.5 Å². The van der Waals surface area contributed by atoms with Gasteiger partial charge in [-0.25, -0.2) is 23.8 Å². The first-order valence-corrected chi connectivity index (χ1v) is 14.1. The molecule has 2 fully saturated rings. The minimum atomic E-state index is -4.71. The molecule has 4 heterocycles. The first kappa shape index (κ1) is 29.6. The number of hydrogen-bond acceptors (Lipinski definition) is 8. The number of fused-ring (bicyclic) bond motifs is 1. The quantitative estimate of drug-likeness (QED) is 0.264. The number of rotatable bonds is 6. The van der Waals surface area contributed by atoms with Gasteiger partial charge in [-0.1, -0.05) is 6.07 Å². The number of nitrogen functional groups attached to an aromatic ring is 1. The highest BCUT2D eigenvalue weighted by atomic mass is 19.4. The molecule has 0 unspecified atom stereocenters. The first-order valence-electron chi connectivity index (χ1n) is 14.1. The van der Waals surface area contributed by atoms with Crippen molar-refractivity contribution in [3.8, 4) is 17.0 Å². The first-order chi connectivity index (χ1) is 21.0. The Balaban J connectivity index is 1.18. The van der Waals surface area contributed by atoms with Crippen LogP contribution in [0.15, 0.2) is 42.7 Å². The highest BCUT2D eigenvalue weighted by Gasteiger charge is 2.36. The van der Waals surface area contributed by atoms with Crippen molar-refractivity contribution in [1.29, 1.82) is 0 Å². The number of amides is 2. The van der Waals surface area contributed by atoms with Gasteiger partial charge >= 0.3 is 12.2 Å². The summed E-state index contributed by atoms with van der Waals surface area (Å²) >= 11 is 0.